The molecule has 2 heterocycles. The summed E-state index contributed by atoms with van der Waals surface area (Å²) >= 11 is 3.46. The van der Waals surface area contributed by atoms with Gasteiger partial charge in [-0.05, 0) is 69.3 Å². The van der Waals surface area contributed by atoms with Crippen LogP contribution in [-0.4, -0.2) is 31.1 Å². The maximum atomic E-state index is 14.1. The SMILES string of the molecule is CC(c1cc(Br)ccc1F)N1CCCC2(CCCNC2)C1. The molecule has 2 aliphatic rings. The van der Waals surface area contributed by atoms with Gasteiger partial charge in [-0.1, -0.05) is 15.9 Å². The molecule has 0 radical (unpaired) electrons. The van der Waals surface area contributed by atoms with Crippen molar-refractivity contribution in [2.75, 3.05) is 26.2 Å². The number of halogens is 2. The van der Waals surface area contributed by atoms with E-state index in [2.05, 4.69) is 33.1 Å². The minimum absolute atomic E-state index is 0.0907. The zero-order valence-electron chi connectivity index (χ0n) is 12.7. The minimum Gasteiger partial charge on any atom is -0.316 e. The van der Waals surface area contributed by atoms with Crippen molar-refractivity contribution in [1.29, 1.82) is 0 Å². The molecule has 2 nitrogen and oxygen atoms in total. The fraction of sp³-hybridized carbons (Fsp3) is 0.647. The Labute approximate surface area is 135 Å². The van der Waals surface area contributed by atoms with E-state index in [0.29, 0.717) is 5.41 Å². The smallest absolute Gasteiger partial charge is 0.128 e. The number of piperidine rings is 2. The lowest BCUT2D eigenvalue weighted by molar-refractivity contribution is 0.0407. The van der Waals surface area contributed by atoms with Crippen molar-refractivity contribution in [2.45, 2.75) is 38.6 Å². The van der Waals surface area contributed by atoms with E-state index in [1.165, 1.54) is 25.7 Å². The van der Waals surface area contributed by atoms with Gasteiger partial charge in [-0.3, -0.25) is 4.90 Å². The Bertz CT molecular complexity index is 494. The molecule has 2 unspecified atom stereocenters. The summed E-state index contributed by atoms with van der Waals surface area (Å²) in [5.41, 5.74) is 1.22. The van der Waals surface area contributed by atoms with Crippen LogP contribution in [0.3, 0.4) is 0 Å². The summed E-state index contributed by atoms with van der Waals surface area (Å²) in [4.78, 5) is 2.47. The lowest BCUT2D eigenvalue weighted by atomic mass is 9.74. The first-order valence-electron chi connectivity index (χ1n) is 7.99. The molecule has 0 bridgehead atoms. The predicted octanol–water partition coefficient (Wildman–Crippen LogP) is 4.11. The van der Waals surface area contributed by atoms with Crippen LogP contribution in [0.4, 0.5) is 4.39 Å². The first-order chi connectivity index (χ1) is 10.1. The van der Waals surface area contributed by atoms with Gasteiger partial charge in [0.1, 0.15) is 5.82 Å². The molecule has 0 amide bonds. The molecule has 0 saturated carbocycles. The van der Waals surface area contributed by atoms with Crippen LogP contribution >= 0.6 is 15.9 Å². The number of rotatable bonds is 2. The molecule has 116 valence electrons. The molecule has 0 aromatic heterocycles. The zero-order valence-corrected chi connectivity index (χ0v) is 14.3. The lowest BCUT2D eigenvalue weighted by Crippen LogP contribution is -2.51. The van der Waals surface area contributed by atoms with E-state index in [0.717, 1.165) is 36.2 Å². The van der Waals surface area contributed by atoms with Gasteiger partial charge >= 0.3 is 0 Å². The quantitative estimate of drug-likeness (QED) is 0.859. The number of nitrogens with one attached hydrogen (secondary N) is 1. The van der Waals surface area contributed by atoms with E-state index in [-0.39, 0.29) is 11.9 Å². The van der Waals surface area contributed by atoms with Crippen molar-refractivity contribution in [3.63, 3.8) is 0 Å². The molecule has 1 aromatic carbocycles. The lowest BCUT2D eigenvalue weighted by Gasteiger charge is -2.47. The fourth-order valence-electron chi connectivity index (χ4n) is 3.99. The van der Waals surface area contributed by atoms with Gasteiger partial charge in [0.2, 0.25) is 0 Å². The van der Waals surface area contributed by atoms with Gasteiger partial charge in [0.25, 0.3) is 0 Å². The highest BCUT2D eigenvalue weighted by atomic mass is 79.9. The second-order valence-electron chi connectivity index (χ2n) is 6.70. The minimum atomic E-state index is -0.0907. The second-order valence-corrected chi connectivity index (χ2v) is 7.61. The highest BCUT2D eigenvalue weighted by Crippen LogP contribution is 2.39. The Hall–Kier alpha value is -0.450. The maximum absolute atomic E-state index is 14.1. The summed E-state index contributed by atoms with van der Waals surface area (Å²) in [7, 11) is 0. The number of nitrogens with zero attached hydrogens (tertiary/aromatic N) is 1. The van der Waals surface area contributed by atoms with E-state index >= 15 is 0 Å². The molecule has 1 spiro atoms. The van der Waals surface area contributed by atoms with Crippen molar-refractivity contribution in [3.05, 3.63) is 34.1 Å². The Morgan fingerprint density at radius 2 is 2.14 bits per heavy atom. The van der Waals surface area contributed by atoms with Crippen LogP contribution in [0.5, 0.6) is 0 Å². The van der Waals surface area contributed by atoms with Crippen LogP contribution in [0.1, 0.15) is 44.2 Å². The first kappa shape index (κ1) is 15.4. The molecule has 1 N–H and O–H groups in total. The Morgan fingerprint density at radius 1 is 1.33 bits per heavy atom. The van der Waals surface area contributed by atoms with Gasteiger partial charge in [-0.15, -0.1) is 0 Å². The van der Waals surface area contributed by atoms with Gasteiger partial charge in [0, 0.05) is 29.2 Å². The Morgan fingerprint density at radius 3 is 2.90 bits per heavy atom. The van der Waals surface area contributed by atoms with Gasteiger partial charge in [0.05, 0.1) is 0 Å². The van der Waals surface area contributed by atoms with Crippen molar-refractivity contribution >= 4 is 15.9 Å². The third-order valence-electron chi connectivity index (χ3n) is 5.21. The van der Waals surface area contributed by atoms with E-state index in [4.69, 9.17) is 0 Å². The number of hydrogen-bond acceptors (Lipinski definition) is 2. The largest absolute Gasteiger partial charge is 0.316 e. The molecule has 21 heavy (non-hydrogen) atoms. The number of benzene rings is 1. The molecule has 3 rings (SSSR count). The van der Waals surface area contributed by atoms with E-state index < -0.39 is 0 Å². The molecule has 2 aliphatic heterocycles. The summed E-state index contributed by atoms with van der Waals surface area (Å²) in [5.74, 6) is -0.0907. The van der Waals surface area contributed by atoms with E-state index in [9.17, 15) is 4.39 Å². The highest BCUT2D eigenvalue weighted by Gasteiger charge is 2.38. The van der Waals surface area contributed by atoms with Gasteiger partial charge in [-0.2, -0.15) is 0 Å². The van der Waals surface area contributed by atoms with Crippen LogP contribution < -0.4 is 5.32 Å². The van der Waals surface area contributed by atoms with Crippen LogP contribution in [0.15, 0.2) is 22.7 Å². The molecular formula is C17H24BrFN2. The standard InChI is InChI=1S/C17H24BrFN2/c1-13(15-10-14(18)4-5-16(15)19)21-9-3-7-17(12-21)6-2-8-20-11-17/h4-5,10,13,20H,2-3,6-9,11-12H2,1H3. The molecule has 0 aliphatic carbocycles. The van der Waals surface area contributed by atoms with Crippen LogP contribution in [0.25, 0.3) is 0 Å². The van der Waals surface area contributed by atoms with Crippen LogP contribution in [-0.2, 0) is 0 Å². The Balaban J connectivity index is 1.77. The monoisotopic (exact) mass is 354 g/mol. The molecule has 2 atom stereocenters. The van der Waals surface area contributed by atoms with Crippen molar-refractivity contribution < 1.29 is 4.39 Å². The van der Waals surface area contributed by atoms with Gasteiger partial charge < -0.3 is 5.32 Å². The first-order valence-corrected chi connectivity index (χ1v) is 8.79. The van der Waals surface area contributed by atoms with E-state index in [1.54, 1.807) is 12.1 Å². The van der Waals surface area contributed by atoms with Gasteiger partial charge in [0.15, 0.2) is 0 Å². The van der Waals surface area contributed by atoms with Crippen LogP contribution in [0, 0.1) is 11.2 Å². The molecule has 2 fully saturated rings. The van der Waals surface area contributed by atoms with Crippen molar-refractivity contribution in [3.8, 4) is 0 Å². The molecule has 2 saturated heterocycles. The average Bonchev–Trinajstić information content (AvgIpc) is 2.50. The normalized spacial score (nSPS) is 28.7. The molecule has 4 heteroatoms. The topological polar surface area (TPSA) is 15.3 Å². The van der Waals surface area contributed by atoms with Gasteiger partial charge in [-0.25, -0.2) is 4.39 Å². The summed E-state index contributed by atoms with van der Waals surface area (Å²) in [6.07, 6.45) is 5.11. The number of hydrogen-bond donors (Lipinski definition) is 1. The summed E-state index contributed by atoms with van der Waals surface area (Å²) in [5, 5.41) is 3.56. The zero-order chi connectivity index (χ0) is 14.9. The summed E-state index contributed by atoms with van der Waals surface area (Å²) in [6, 6.07) is 5.41. The molecule has 1 aromatic rings. The summed E-state index contributed by atoms with van der Waals surface area (Å²) < 4.78 is 15.1. The third kappa shape index (κ3) is 3.33. The maximum Gasteiger partial charge on any atom is 0.128 e. The van der Waals surface area contributed by atoms with Crippen LogP contribution in [0.2, 0.25) is 0 Å². The summed E-state index contributed by atoms with van der Waals surface area (Å²) in [6.45, 7) is 6.58. The highest BCUT2D eigenvalue weighted by molar-refractivity contribution is 9.10. The predicted molar refractivity (Wildman–Crippen MR) is 87.9 cm³/mol. The molecular weight excluding hydrogens is 331 g/mol. The average molecular weight is 355 g/mol. The third-order valence-corrected chi connectivity index (χ3v) is 5.70. The fourth-order valence-corrected chi connectivity index (χ4v) is 4.37. The Kier molecular flexibility index (Phi) is 4.67. The second kappa shape index (κ2) is 6.35. The number of likely N-dealkylation sites (tertiary alicyclic amines) is 1. The van der Waals surface area contributed by atoms with E-state index in [1.807, 2.05) is 6.07 Å². The van der Waals surface area contributed by atoms with Crippen molar-refractivity contribution in [1.82, 2.24) is 10.2 Å². The van der Waals surface area contributed by atoms with Crippen molar-refractivity contribution in [2.24, 2.45) is 5.41 Å².